The van der Waals surface area contributed by atoms with E-state index < -0.39 is 20.6 Å². The van der Waals surface area contributed by atoms with Gasteiger partial charge in [-0.15, -0.1) is 0 Å². The first-order valence-corrected chi connectivity index (χ1v) is 12.8. The molecule has 1 aliphatic heterocycles. The fourth-order valence-electron chi connectivity index (χ4n) is 4.17. The molecule has 36 heavy (non-hydrogen) atoms. The van der Waals surface area contributed by atoms with Gasteiger partial charge >= 0.3 is 0 Å². The van der Waals surface area contributed by atoms with Gasteiger partial charge in [-0.1, -0.05) is 43.6 Å². The molecule has 0 fully saturated rings. The number of sulfonamides is 1. The van der Waals surface area contributed by atoms with Crippen LogP contribution in [-0.2, 0) is 15.4 Å². The summed E-state index contributed by atoms with van der Waals surface area (Å²) in [7, 11) is -2.08. The monoisotopic (exact) mass is 525 g/mol. The summed E-state index contributed by atoms with van der Waals surface area (Å²) in [6.45, 7) is 4.23. The van der Waals surface area contributed by atoms with E-state index in [2.05, 4.69) is 40.1 Å². The second kappa shape index (κ2) is 9.63. The Kier molecular flexibility index (Phi) is 6.75. The summed E-state index contributed by atoms with van der Waals surface area (Å²) in [5.74, 6) is 0. The standard InChI is InChI=1S/C25H24ClN5O4S/c1-25(2)20-6-4-5-7-22(20)30(3)24(25)14-15-27-28-21-13-12-19(16-23(21)31(32)33)36(34,35)29-18-10-8-17(26)9-11-18/h4-16,28-29H,1-3H3. The zero-order valence-electron chi connectivity index (χ0n) is 19.8. The number of fused-ring (bicyclic) bond motifs is 1. The minimum atomic E-state index is -4.06. The van der Waals surface area contributed by atoms with E-state index in [0.29, 0.717) is 5.02 Å². The normalized spacial score (nSPS) is 15.8. The highest BCUT2D eigenvalue weighted by molar-refractivity contribution is 7.92. The highest BCUT2D eigenvalue weighted by Crippen LogP contribution is 2.46. The summed E-state index contributed by atoms with van der Waals surface area (Å²) >= 11 is 5.83. The Labute approximate surface area is 214 Å². The van der Waals surface area contributed by atoms with E-state index in [1.165, 1.54) is 48.2 Å². The third-order valence-corrected chi connectivity index (χ3v) is 7.64. The predicted molar refractivity (Wildman–Crippen MR) is 143 cm³/mol. The van der Waals surface area contributed by atoms with E-state index in [-0.39, 0.29) is 21.7 Å². The average molecular weight is 526 g/mol. The number of allylic oxidation sites excluding steroid dienone is 2. The molecule has 0 radical (unpaired) electrons. The van der Waals surface area contributed by atoms with Crippen LogP contribution in [0.5, 0.6) is 0 Å². The van der Waals surface area contributed by atoms with Gasteiger partial charge in [0.15, 0.2) is 0 Å². The smallest absolute Gasteiger partial charge is 0.295 e. The molecule has 0 unspecified atom stereocenters. The summed E-state index contributed by atoms with van der Waals surface area (Å²) in [6, 6.07) is 17.7. The van der Waals surface area contributed by atoms with Gasteiger partial charge in [-0.3, -0.25) is 20.3 Å². The van der Waals surface area contributed by atoms with Gasteiger partial charge in [0.05, 0.1) is 9.82 Å². The Morgan fingerprint density at radius 3 is 2.44 bits per heavy atom. The summed E-state index contributed by atoms with van der Waals surface area (Å²) in [5, 5.41) is 16.2. The number of benzene rings is 3. The third-order valence-electron chi connectivity index (χ3n) is 6.01. The fraction of sp³-hybridized carbons (Fsp3) is 0.160. The van der Waals surface area contributed by atoms with Crippen molar-refractivity contribution < 1.29 is 13.3 Å². The molecule has 0 aliphatic carbocycles. The van der Waals surface area contributed by atoms with Crippen LogP contribution in [0.3, 0.4) is 0 Å². The lowest BCUT2D eigenvalue weighted by molar-refractivity contribution is -0.384. The maximum atomic E-state index is 12.7. The number of hydrogen-bond donors (Lipinski definition) is 2. The van der Waals surface area contributed by atoms with Crippen molar-refractivity contribution in [3.63, 3.8) is 0 Å². The first kappa shape index (κ1) is 25.2. The number of likely N-dealkylation sites (N-methyl/N-ethyl adjacent to an activating group) is 1. The van der Waals surface area contributed by atoms with Gasteiger partial charge < -0.3 is 4.90 Å². The number of hydrogen-bond acceptors (Lipinski definition) is 7. The quantitative estimate of drug-likeness (QED) is 0.230. The van der Waals surface area contributed by atoms with Crippen molar-refractivity contribution in [2.45, 2.75) is 24.2 Å². The van der Waals surface area contributed by atoms with Crippen molar-refractivity contribution in [3.8, 4) is 0 Å². The summed E-state index contributed by atoms with van der Waals surface area (Å²) in [4.78, 5) is 12.8. The fourth-order valence-corrected chi connectivity index (χ4v) is 5.38. The Balaban J connectivity index is 1.54. The maximum absolute atomic E-state index is 12.7. The number of nitro groups is 1. The van der Waals surface area contributed by atoms with Crippen molar-refractivity contribution in [3.05, 3.63) is 99.2 Å². The molecular weight excluding hydrogens is 502 g/mol. The molecule has 2 N–H and O–H groups in total. The minimum absolute atomic E-state index is 0.0578. The second-order valence-corrected chi connectivity index (χ2v) is 10.8. The average Bonchev–Trinajstić information content (AvgIpc) is 3.03. The molecule has 186 valence electrons. The number of nitrogens with one attached hydrogen (secondary N) is 2. The number of rotatable bonds is 7. The molecule has 1 aliphatic rings. The van der Waals surface area contributed by atoms with E-state index in [9.17, 15) is 18.5 Å². The van der Waals surface area contributed by atoms with Gasteiger partial charge in [-0.25, -0.2) is 8.42 Å². The van der Waals surface area contributed by atoms with Crippen LogP contribution in [0.25, 0.3) is 0 Å². The minimum Gasteiger partial charge on any atom is -0.347 e. The van der Waals surface area contributed by atoms with E-state index >= 15 is 0 Å². The van der Waals surface area contributed by atoms with E-state index in [1.54, 1.807) is 0 Å². The molecular formula is C25H24ClN5O4S. The maximum Gasteiger partial charge on any atom is 0.295 e. The molecule has 1 heterocycles. The Morgan fingerprint density at radius 1 is 1.08 bits per heavy atom. The highest BCUT2D eigenvalue weighted by atomic mass is 35.5. The molecule has 0 amide bonds. The Hall–Kier alpha value is -3.89. The second-order valence-electron chi connectivity index (χ2n) is 8.69. The molecule has 4 rings (SSSR count). The van der Waals surface area contributed by atoms with Crippen LogP contribution in [0.2, 0.25) is 5.02 Å². The molecule has 0 saturated heterocycles. The number of nitro benzene ring substituents is 1. The largest absolute Gasteiger partial charge is 0.347 e. The van der Waals surface area contributed by atoms with Crippen LogP contribution in [0, 0.1) is 10.1 Å². The number of halogens is 1. The summed E-state index contributed by atoms with van der Waals surface area (Å²) < 4.78 is 27.9. The first-order valence-electron chi connectivity index (χ1n) is 10.9. The molecule has 9 nitrogen and oxygen atoms in total. The van der Waals surface area contributed by atoms with E-state index in [1.807, 2.05) is 31.3 Å². The van der Waals surface area contributed by atoms with Gasteiger partial charge in [0.1, 0.15) is 5.69 Å². The number of para-hydroxylation sites is 1. The van der Waals surface area contributed by atoms with Crippen LogP contribution in [0.15, 0.2) is 88.5 Å². The molecule has 0 aromatic heterocycles. The number of anilines is 3. The number of hydrazone groups is 1. The van der Waals surface area contributed by atoms with Gasteiger partial charge in [0.2, 0.25) is 0 Å². The van der Waals surface area contributed by atoms with E-state index in [0.717, 1.165) is 17.5 Å². The van der Waals surface area contributed by atoms with Crippen LogP contribution in [0.4, 0.5) is 22.7 Å². The van der Waals surface area contributed by atoms with Crippen LogP contribution >= 0.6 is 11.6 Å². The van der Waals surface area contributed by atoms with Crippen molar-refractivity contribution >= 4 is 50.6 Å². The zero-order valence-corrected chi connectivity index (χ0v) is 21.3. The summed E-state index contributed by atoms with van der Waals surface area (Å²) in [6.07, 6.45) is 3.36. The molecule has 0 atom stereocenters. The number of nitrogens with zero attached hydrogens (tertiary/aromatic N) is 3. The predicted octanol–water partition coefficient (Wildman–Crippen LogP) is 5.76. The third kappa shape index (κ3) is 4.91. The SMILES string of the molecule is CN1C(=CC=NNc2ccc(S(=O)(=O)Nc3ccc(Cl)cc3)cc2[N+](=O)[O-])C(C)(C)c2ccccc21. The zero-order chi connectivity index (χ0) is 26.1. The summed E-state index contributed by atoms with van der Waals surface area (Å²) in [5.41, 5.74) is 5.64. The Morgan fingerprint density at radius 2 is 1.78 bits per heavy atom. The van der Waals surface area contributed by atoms with Crippen LogP contribution in [0.1, 0.15) is 19.4 Å². The lowest BCUT2D eigenvalue weighted by Crippen LogP contribution is -2.23. The molecule has 0 spiro atoms. The lowest BCUT2D eigenvalue weighted by atomic mass is 9.84. The van der Waals surface area contributed by atoms with Gasteiger partial charge in [-0.2, -0.15) is 5.10 Å². The topological polar surface area (TPSA) is 117 Å². The molecule has 11 heteroatoms. The Bertz CT molecular complexity index is 1480. The first-order chi connectivity index (χ1) is 17.0. The molecule has 0 saturated carbocycles. The van der Waals surface area contributed by atoms with Crippen molar-refractivity contribution in [2.24, 2.45) is 5.10 Å². The molecule has 3 aromatic carbocycles. The van der Waals surface area contributed by atoms with Crippen molar-refractivity contribution in [2.75, 3.05) is 22.1 Å². The van der Waals surface area contributed by atoms with Gasteiger partial charge in [0, 0.05) is 46.8 Å². The van der Waals surface area contributed by atoms with E-state index in [4.69, 9.17) is 11.6 Å². The molecule has 3 aromatic rings. The van der Waals surface area contributed by atoms with Crippen molar-refractivity contribution in [1.82, 2.24) is 0 Å². The van der Waals surface area contributed by atoms with Gasteiger partial charge in [-0.05, 0) is 54.1 Å². The van der Waals surface area contributed by atoms with Crippen molar-refractivity contribution in [1.29, 1.82) is 0 Å². The van der Waals surface area contributed by atoms with Gasteiger partial charge in [0.25, 0.3) is 15.7 Å². The lowest BCUT2D eigenvalue weighted by Gasteiger charge is -2.23. The van der Waals surface area contributed by atoms with Crippen LogP contribution < -0.4 is 15.0 Å². The molecule has 0 bridgehead atoms. The highest BCUT2D eigenvalue weighted by Gasteiger charge is 2.37. The van der Waals surface area contributed by atoms with Crippen LogP contribution in [-0.4, -0.2) is 26.6 Å².